The number of pyridine rings is 1. The predicted molar refractivity (Wildman–Crippen MR) is 121 cm³/mol. The van der Waals surface area contributed by atoms with Crippen LogP contribution in [0.2, 0.25) is 0 Å². The quantitative estimate of drug-likeness (QED) is 0.427. The number of rotatable bonds is 7. The van der Waals surface area contributed by atoms with Crippen LogP contribution in [0.5, 0.6) is 0 Å². The lowest BCUT2D eigenvalue weighted by atomic mass is 10.2. The Bertz CT molecular complexity index is 1130. The molecule has 3 aromatic heterocycles. The molecule has 1 amide bonds. The summed E-state index contributed by atoms with van der Waals surface area (Å²) in [5, 5.41) is 14.5. The molecule has 0 saturated carbocycles. The van der Waals surface area contributed by atoms with Crippen LogP contribution in [-0.4, -0.2) is 31.4 Å². The van der Waals surface area contributed by atoms with Crippen LogP contribution in [-0.2, 0) is 4.79 Å². The first-order valence-electron chi connectivity index (χ1n) is 9.51. The van der Waals surface area contributed by atoms with Gasteiger partial charge in [0.15, 0.2) is 11.0 Å². The highest BCUT2D eigenvalue weighted by atomic mass is 32.2. The van der Waals surface area contributed by atoms with Gasteiger partial charge in [0.05, 0.1) is 17.5 Å². The molecular weight excluding hydrogens is 414 g/mol. The van der Waals surface area contributed by atoms with Crippen molar-refractivity contribution in [1.82, 2.24) is 25.1 Å². The van der Waals surface area contributed by atoms with E-state index in [1.807, 2.05) is 72.3 Å². The third-order valence-electron chi connectivity index (χ3n) is 4.59. The summed E-state index contributed by atoms with van der Waals surface area (Å²) in [7, 11) is 0. The zero-order valence-corrected chi connectivity index (χ0v) is 18.3. The van der Waals surface area contributed by atoms with Crippen molar-refractivity contribution in [2.24, 2.45) is 0 Å². The summed E-state index contributed by atoms with van der Waals surface area (Å²) in [6.07, 6.45) is 3.50. The molecule has 0 saturated heterocycles. The summed E-state index contributed by atoms with van der Waals surface area (Å²) in [6.45, 7) is 4.04. The molecule has 0 aliphatic heterocycles. The van der Waals surface area contributed by atoms with Gasteiger partial charge in [-0.3, -0.25) is 14.3 Å². The Morgan fingerprint density at radius 3 is 2.77 bits per heavy atom. The van der Waals surface area contributed by atoms with E-state index < -0.39 is 0 Å². The van der Waals surface area contributed by atoms with Crippen LogP contribution in [0.15, 0.2) is 71.5 Å². The van der Waals surface area contributed by atoms with Crippen molar-refractivity contribution in [2.45, 2.75) is 25.0 Å². The molecule has 0 radical (unpaired) electrons. The van der Waals surface area contributed by atoms with Crippen LogP contribution in [0.3, 0.4) is 0 Å². The van der Waals surface area contributed by atoms with E-state index in [9.17, 15) is 4.79 Å². The van der Waals surface area contributed by atoms with E-state index in [0.717, 1.165) is 21.7 Å². The molecule has 3 heterocycles. The highest BCUT2D eigenvalue weighted by Gasteiger charge is 2.19. The summed E-state index contributed by atoms with van der Waals surface area (Å²) in [5.74, 6) is 0.919. The molecule has 1 atom stereocenters. The average molecular weight is 436 g/mol. The molecule has 6 nitrogen and oxygen atoms in total. The summed E-state index contributed by atoms with van der Waals surface area (Å²) >= 11 is 3.01. The third kappa shape index (κ3) is 4.44. The maximum Gasteiger partial charge on any atom is 0.230 e. The minimum absolute atomic E-state index is 0.0155. The Morgan fingerprint density at radius 1 is 1.17 bits per heavy atom. The molecule has 0 spiro atoms. The van der Waals surface area contributed by atoms with Gasteiger partial charge in [0, 0.05) is 22.8 Å². The lowest BCUT2D eigenvalue weighted by molar-refractivity contribution is -0.119. The van der Waals surface area contributed by atoms with Crippen LogP contribution in [0.1, 0.15) is 23.4 Å². The SMILES string of the molecule is Cc1ccccc1-n1c(SCC(=O)NC(C)c2cccs2)nnc1-c1cccnc1. The van der Waals surface area contributed by atoms with E-state index in [1.54, 1.807) is 23.7 Å². The molecule has 0 aliphatic rings. The number of aryl methyl sites for hydroxylation is 1. The molecule has 4 rings (SSSR count). The van der Waals surface area contributed by atoms with Gasteiger partial charge in [-0.1, -0.05) is 36.0 Å². The second kappa shape index (κ2) is 9.23. The van der Waals surface area contributed by atoms with Gasteiger partial charge in [0.2, 0.25) is 5.91 Å². The molecule has 30 heavy (non-hydrogen) atoms. The van der Waals surface area contributed by atoms with Crippen LogP contribution in [0.25, 0.3) is 17.1 Å². The summed E-state index contributed by atoms with van der Waals surface area (Å²) in [4.78, 5) is 17.9. The van der Waals surface area contributed by atoms with Crippen LogP contribution >= 0.6 is 23.1 Å². The molecule has 0 aliphatic carbocycles. The van der Waals surface area contributed by atoms with Gasteiger partial charge >= 0.3 is 0 Å². The molecule has 152 valence electrons. The Hall–Kier alpha value is -2.97. The molecule has 0 fully saturated rings. The smallest absolute Gasteiger partial charge is 0.230 e. The number of nitrogens with zero attached hydrogens (tertiary/aromatic N) is 4. The standard InChI is InChI=1S/C22H21N5OS2/c1-15-7-3-4-9-18(15)27-21(17-8-5-11-23-13-17)25-26-22(27)30-14-20(28)24-16(2)19-10-6-12-29-19/h3-13,16H,14H2,1-2H3,(H,24,28). The molecule has 1 N–H and O–H groups in total. The Kier molecular flexibility index (Phi) is 6.25. The number of aromatic nitrogens is 4. The second-order valence-corrected chi connectivity index (χ2v) is 8.68. The van der Waals surface area contributed by atoms with Crippen molar-refractivity contribution in [2.75, 3.05) is 5.75 Å². The zero-order valence-electron chi connectivity index (χ0n) is 16.6. The van der Waals surface area contributed by atoms with Crippen molar-refractivity contribution >= 4 is 29.0 Å². The number of nitrogens with one attached hydrogen (secondary N) is 1. The average Bonchev–Trinajstić information content (AvgIpc) is 3.44. The predicted octanol–water partition coefficient (Wildman–Crippen LogP) is 4.67. The molecule has 1 aromatic carbocycles. The minimum atomic E-state index is -0.0387. The Labute approximate surface area is 183 Å². The number of para-hydroxylation sites is 1. The monoisotopic (exact) mass is 435 g/mol. The van der Waals surface area contributed by atoms with E-state index in [-0.39, 0.29) is 17.7 Å². The fourth-order valence-electron chi connectivity index (χ4n) is 3.10. The van der Waals surface area contributed by atoms with Crippen LogP contribution in [0.4, 0.5) is 0 Å². The van der Waals surface area contributed by atoms with Crippen molar-refractivity contribution in [3.05, 3.63) is 76.7 Å². The van der Waals surface area contributed by atoms with E-state index in [0.29, 0.717) is 11.0 Å². The number of thioether (sulfide) groups is 1. The molecule has 0 bridgehead atoms. The van der Waals surface area contributed by atoms with Gasteiger partial charge in [-0.05, 0) is 49.1 Å². The van der Waals surface area contributed by atoms with Gasteiger partial charge in [-0.15, -0.1) is 21.5 Å². The summed E-state index contributed by atoms with van der Waals surface area (Å²) < 4.78 is 1.99. The number of benzene rings is 1. The van der Waals surface area contributed by atoms with E-state index >= 15 is 0 Å². The Morgan fingerprint density at radius 2 is 2.03 bits per heavy atom. The third-order valence-corrected chi connectivity index (χ3v) is 6.57. The van der Waals surface area contributed by atoms with Gasteiger partial charge in [0.1, 0.15) is 0 Å². The van der Waals surface area contributed by atoms with Crippen LogP contribution < -0.4 is 5.32 Å². The number of carbonyl (C=O) groups excluding carboxylic acids is 1. The maximum atomic E-state index is 12.5. The second-order valence-electron chi connectivity index (χ2n) is 6.76. The van der Waals surface area contributed by atoms with Crippen molar-refractivity contribution in [1.29, 1.82) is 0 Å². The molecule has 4 aromatic rings. The number of hydrogen-bond donors (Lipinski definition) is 1. The highest BCUT2D eigenvalue weighted by Crippen LogP contribution is 2.29. The van der Waals surface area contributed by atoms with Gasteiger partial charge in [-0.25, -0.2) is 0 Å². The lowest BCUT2D eigenvalue weighted by Gasteiger charge is -2.14. The first-order chi connectivity index (χ1) is 14.6. The summed E-state index contributed by atoms with van der Waals surface area (Å²) in [5.41, 5.74) is 2.95. The van der Waals surface area contributed by atoms with Crippen LogP contribution in [0, 0.1) is 6.92 Å². The summed E-state index contributed by atoms with van der Waals surface area (Å²) in [6, 6.07) is 15.9. The van der Waals surface area contributed by atoms with Crippen molar-refractivity contribution in [3.63, 3.8) is 0 Å². The topological polar surface area (TPSA) is 72.7 Å². The lowest BCUT2D eigenvalue weighted by Crippen LogP contribution is -2.27. The maximum absolute atomic E-state index is 12.5. The number of amides is 1. The highest BCUT2D eigenvalue weighted by molar-refractivity contribution is 7.99. The van der Waals surface area contributed by atoms with E-state index in [4.69, 9.17) is 0 Å². The first-order valence-corrected chi connectivity index (χ1v) is 11.4. The first kappa shape index (κ1) is 20.3. The van der Waals surface area contributed by atoms with E-state index in [1.165, 1.54) is 11.8 Å². The normalized spacial score (nSPS) is 11.9. The Balaban J connectivity index is 1.58. The molecular formula is C22H21N5OS2. The van der Waals surface area contributed by atoms with Gasteiger partial charge < -0.3 is 5.32 Å². The van der Waals surface area contributed by atoms with Gasteiger partial charge in [-0.2, -0.15) is 0 Å². The number of thiophene rings is 1. The molecule has 8 heteroatoms. The number of hydrogen-bond acceptors (Lipinski definition) is 6. The largest absolute Gasteiger partial charge is 0.348 e. The van der Waals surface area contributed by atoms with Crippen molar-refractivity contribution < 1.29 is 4.79 Å². The fraction of sp³-hybridized carbons (Fsp3) is 0.182. The molecule has 1 unspecified atom stereocenters. The fourth-order valence-corrected chi connectivity index (χ4v) is 4.59. The van der Waals surface area contributed by atoms with Gasteiger partial charge in [0.25, 0.3) is 0 Å². The zero-order chi connectivity index (χ0) is 20.9. The minimum Gasteiger partial charge on any atom is -0.348 e. The number of carbonyl (C=O) groups is 1. The van der Waals surface area contributed by atoms with E-state index in [2.05, 4.69) is 20.5 Å². The van der Waals surface area contributed by atoms with Crippen molar-refractivity contribution in [3.8, 4) is 17.1 Å².